The molecule has 1 aromatic carbocycles. The van der Waals surface area contributed by atoms with E-state index in [1.807, 2.05) is 0 Å². The van der Waals surface area contributed by atoms with Crippen LogP contribution in [0, 0.1) is 0 Å². The number of amidine groups is 1. The summed E-state index contributed by atoms with van der Waals surface area (Å²) in [6.45, 7) is 0. The molecule has 0 aromatic heterocycles. The molecule has 0 amide bonds. The van der Waals surface area contributed by atoms with Gasteiger partial charge in [0.15, 0.2) is 0 Å². The van der Waals surface area contributed by atoms with Gasteiger partial charge in [-0.1, -0.05) is 12.1 Å². The van der Waals surface area contributed by atoms with E-state index in [1.165, 1.54) is 18.2 Å². The Hall–Kier alpha value is -1.98. The lowest BCUT2D eigenvalue weighted by Crippen LogP contribution is -2.05. The van der Waals surface area contributed by atoms with Crippen molar-refractivity contribution in [3.05, 3.63) is 41.5 Å². The molecule has 0 spiro atoms. The van der Waals surface area contributed by atoms with Crippen LogP contribution in [-0.2, 0) is 6.18 Å². The zero-order valence-corrected chi connectivity index (χ0v) is 7.99. The Kier molecular flexibility index (Phi) is 2.34. The molecule has 0 unspecified atom stereocenters. The standard InChI is InChI=1S/C10H7F3N3/c11-10(12,13)7-3-1-2-6(4-7)8-5-9(14)16-15-8/h1-5H,(H2,14,16). The third-order valence-corrected chi connectivity index (χ3v) is 2.04. The summed E-state index contributed by atoms with van der Waals surface area (Å²) >= 11 is 0. The van der Waals surface area contributed by atoms with Crippen LogP contribution in [0.5, 0.6) is 0 Å². The molecule has 16 heavy (non-hydrogen) atoms. The van der Waals surface area contributed by atoms with Gasteiger partial charge in [-0.3, -0.25) is 0 Å². The Bertz CT molecular complexity index is 474. The topological polar surface area (TPSA) is 52.5 Å². The van der Waals surface area contributed by atoms with Crippen molar-refractivity contribution in [3.8, 4) is 0 Å². The third kappa shape index (κ3) is 2.00. The molecule has 1 aromatic rings. The molecule has 1 aliphatic heterocycles. The van der Waals surface area contributed by atoms with Crippen LogP contribution in [-0.4, -0.2) is 5.84 Å². The van der Waals surface area contributed by atoms with E-state index in [2.05, 4.69) is 10.5 Å². The van der Waals surface area contributed by atoms with Crippen molar-refractivity contribution < 1.29 is 13.2 Å². The van der Waals surface area contributed by atoms with Crippen molar-refractivity contribution in [1.82, 2.24) is 5.43 Å². The number of hydrogen-bond donors (Lipinski definition) is 1. The lowest BCUT2D eigenvalue weighted by atomic mass is 10.1. The second kappa shape index (κ2) is 3.55. The maximum atomic E-state index is 12.4. The van der Waals surface area contributed by atoms with Crippen molar-refractivity contribution in [2.45, 2.75) is 6.18 Å². The number of hydrogen-bond acceptors (Lipinski definition) is 2. The summed E-state index contributed by atoms with van der Waals surface area (Å²) in [5.74, 6) is 0.187. The SMILES string of the molecule is NC1=N[N]C(c2cccc(C(F)(F)F)c2)=C1. The van der Waals surface area contributed by atoms with Crippen molar-refractivity contribution in [1.29, 1.82) is 0 Å². The van der Waals surface area contributed by atoms with Crippen LogP contribution < -0.4 is 11.2 Å². The van der Waals surface area contributed by atoms with E-state index in [9.17, 15) is 13.2 Å². The minimum absolute atomic E-state index is 0.187. The molecular formula is C10H7F3N3. The van der Waals surface area contributed by atoms with Crippen molar-refractivity contribution >= 4 is 11.5 Å². The number of halogens is 3. The van der Waals surface area contributed by atoms with Gasteiger partial charge in [0.2, 0.25) is 0 Å². The van der Waals surface area contributed by atoms with E-state index in [1.54, 1.807) is 0 Å². The molecule has 0 bridgehead atoms. The quantitative estimate of drug-likeness (QED) is 0.781. The van der Waals surface area contributed by atoms with E-state index in [0.717, 1.165) is 12.1 Å². The highest BCUT2D eigenvalue weighted by atomic mass is 19.4. The maximum Gasteiger partial charge on any atom is 0.416 e. The first-order chi connectivity index (χ1) is 7.47. The van der Waals surface area contributed by atoms with Gasteiger partial charge in [-0.15, -0.1) is 10.5 Å². The molecule has 2 N–H and O–H groups in total. The van der Waals surface area contributed by atoms with Crippen LogP contribution in [0.3, 0.4) is 0 Å². The Morgan fingerprint density at radius 3 is 2.50 bits per heavy atom. The number of alkyl halides is 3. The van der Waals surface area contributed by atoms with Gasteiger partial charge < -0.3 is 5.73 Å². The Labute approximate surface area is 89.4 Å². The van der Waals surface area contributed by atoms with Gasteiger partial charge >= 0.3 is 6.18 Å². The van der Waals surface area contributed by atoms with Crippen molar-refractivity contribution in [3.63, 3.8) is 0 Å². The predicted octanol–water partition coefficient (Wildman–Crippen LogP) is 1.94. The lowest BCUT2D eigenvalue weighted by molar-refractivity contribution is -0.137. The summed E-state index contributed by atoms with van der Waals surface area (Å²) in [5.41, 5.74) is 8.98. The fraction of sp³-hybridized carbons (Fsp3) is 0.100. The minimum atomic E-state index is -4.36. The molecule has 1 heterocycles. The van der Waals surface area contributed by atoms with Crippen molar-refractivity contribution in [2.75, 3.05) is 0 Å². The molecule has 6 heteroatoms. The number of nitrogens with two attached hydrogens (primary N) is 1. The number of benzene rings is 1. The van der Waals surface area contributed by atoms with Crippen molar-refractivity contribution in [2.24, 2.45) is 10.8 Å². The van der Waals surface area contributed by atoms with Gasteiger partial charge in [0.25, 0.3) is 0 Å². The first-order valence-electron chi connectivity index (χ1n) is 4.40. The second-order valence-corrected chi connectivity index (χ2v) is 3.23. The summed E-state index contributed by atoms with van der Waals surface area (Å²) in [6.07, 6.45) is -2.93. The van der Waals surface area contributed by atoms with Crippen LogP contribution >= 0.6 is 0 Å². The highest BCUT2D eigenvalue weighted by Crippen LogP contribution is 2.31. The smallest absolute Gasteiger partial charge is 0.382 e. The molecule has 1 radical (unpaired) electrons. The second-order valence-electron chi connectivity index (χ2n) is 3.23. The van der Waals surface area contributed by atoms with Gasteiger partial charge in [-0.25, -0.2) is 0 Å². The van der Waals surface area contributed by atoms with Crippen LogP contribution in [0.2, 0.25) is 0 Å². The minimum Gasteiger partial charge on any atom is -0.382 e. The van der Waals surface area contributed by atoms with Crippen LogP contribution in [0.4, 0.5) is 13.2 Å². The summed E-state index contributed by atoms with van der Waals surface area (Å²) in [7, 11) is 0. The van der Waals surface area contributed by atoms with Gasteiger partial charge in [-0.05, 0) is 12.1 Å². The van der Waals surface area contributed by atoms with E-state index >= 15 is 0 Å². The fourth-order valence-electron chi connectivity index (χ4n) is 1.31. The van der Waals surface area contributed by atoms with E-state index in [4.69, 9.17) is 5.73 Å². The van der Waals surface area contributed by atoms with Gasteiger partial charge in [0.05, 0.1) is 11.3 Å². The van der Waals surface area contributed by atoms with Gasteiger partial charge in [-0.2, -0.15) is 13.2 Å². The molecule has 83 valence electrons. The number of nitrogens with zero attached hydrogens (tertiary/aromatic N) is 2. The molecule has 0 atom stereocenters. The normalized spacial score (nSPS) is 15.4. The molecule has 0 saturated heterocycles. The first-order valence-corrected chi connectivity index (χ1v) is 4.40. The first kappa shape index (κ1) is 10.5. The average Bonchev–Trinajstić information content (AvgIpc) is 2.64. The van der Waals surface area contributed by atoms with E-state index < -0.39 is 11.7 Å². The summed E-state index contributed by atoms with van der Waals surface area (Å²) in [6, 6.07) is 4.87. The average molecular weight is 226 g/mol. The predicted molar refractivity (Wildman–Crippen MR) is 53.2 cm³/mol. The summed E-state index contributed by atoms with van der Waals surface area (Å²) in [4.78, 5) is 0. The van der Waals surface area contributed by atoms with E-state index in [0.29, 0.717) is 11.3 Å². The van der Waals surface area contributed by atoms with Crippen LogP contribution in [0.15, 0.2) is 35.4 Å². The van der Waals surface area contributed by atoms with Crippen LogP contribution in [0.25, 0.3) is 5.70 Å². The number of rotatable bonds is 1. The third-order valence-electron chi connectivity index (χ3n) is 2.04. The molecule has 0 saturated carbocycles. The van der Waals surface area contributed by atoms with Gasteiger partial charge in [0, 0.05) is 11.6 Å². The Morgan fingerprint density at radius 2 is 1.94 bits per heavy atom. The molecule has 1 aliphatic rings. The van der Waals surface area contributed by atoms with E-state index in [-0.39, 0.29) is 5.84 Å². The fourth-order valence-corrected chi connectivity index (χ4v) is 1.31. The molecular weight excluding hydrogens is 219 g/mol. The largest absolute Gasteiger partial charge is 0.416 e. The molecule has 3 nitrogen and oxygen atoms in total. The molecule has 2 rings (SSSR count). The molecule has 0 aliphatic carbocycles. The maximum absolute atomic E-state index is 12.4. The monoisotopic (exact) mass is 226 g/mol. The molecule has 0 fully saturated rings. The highest BCUT2D eigenvalue weighted by Gasteiger charge is 2.30. The van der Waals surface area contributed by atoms with Gasteiger partial charge in [0.1, 0.15) is 5.84 Å². The zero-order valence-electron chi connectivity index (χ0n) is 7.99. The Morgan fingerprint density at radius 1 is 1.19 bits per heavy atom. The Balaban J connectivity index is 2.34. The zero-order chi connectivity index (χ0) is 11.8. The lowest BCUT2D eigenvalue weighted by Gasteiger charge is -2.08. The highest BCUT2D eigenvalue weighted by molar-refractivity contribution is 6.00. The summed E-state index contributed by atoms with van der Waals surface area (Å²) in [5, 5.41) is 3.53. The van der Waals surface area contributed by atoms with Crippen LogP contribution in [0.1, 0.15) is 11.1 Å². The summed E-state index contributed by atoms with van der Waals surface area (Å²) < 4.78 is 37.3.